The van der Waals surface area contributed by atoms with Gasteiger partial charge in [-0.2, -0.15) is 0 Å². The van der Waals surface area contributed by atoms with Crippen molar-refractivity contribution in [1.82, 2.24) is 0 Å². The molecule has 33 heavy (non-hydrogen) atoms. The number of aryl methyl sites for hydroxylation is 1. The first kappa shape index (κ1) is 22.0. The molecule has 0 unspecified atom stereocenters. The summed E-state index contributed by atoms with van der Waals surface area (Å²) in [5, 5.41) is 10.8. The zero-order chi connectivity index (χ0) is 22.5. The molecule has 5 aromatic rings. The molecule has 0 spiro atoms. The molecule has 0 aliphatic carbocycles. The Morgan fingerprint density at radius 3 is 1.67 bits per heavy atom. The first-order valence-electron chi connectivity index (χ1n) is 13.1. The van der Waals surface area contributed by atoms with E-state index >= 15 is 0 Å². The second kappa shape index (κ2) is 10.4. The maximum absolute atomic E-state index is 2.42. The molecule has 0 heteroatoms. The molecule has 0 heterocycles. The van der Waals surface area contributed by atoms with Crippen molar-refractivity contribution in [2.45, 2.75) is 71.1 Å². The lowest BCUT2D eigenvalue weighted by Gasteiger charge is -2.11. The van der Waals surface area contributed by atoms with Gasteiger partial charge in [-0.3, -0.25) is 0 Å². The van der Waals surface area contributed by atoms with Gasteiger partial charge in [0.2, 0.25) is 0 Å². The van der Waals surface area contributed by atoms with Gasteiger partial charge in [-0.15, -0.1) is 0 Å². The van der Waals surface area contributed by atoms with E-state index in [0.717, 1.165) is 0 Å². The van der Waals surface area contributed by atoms with Gasteiger partial charge in [0.15, 0.2) is 0 Å². The van der Waals surface area contributed by atoms with E-state index < -0.39 is 0 Å². The lowest BCUT2D eigenvalue weighted by molar-refractivity contribution is 0.565. The summed E-state index contributed by atoms with van der Waals surface area (Å²) < 4.78 is 0. The summed E-state index contributed by atoms with van der Waals surface area (Å²) in [5.41, 5.74) is 1.48. The van der Waals surface area contributed by atoms with Crippen LogP contribution in [0.15, 0.2) is 78.9 Å². The number of fused-ring (bicyclic) bond motifs is 7. The third-order valence-corrected chi connectivity index (χ3v) is 7.37. The van der Waals surface area contributed by atoms with E-state index in [1.807, 2.05) is 0 Å². The molecule has 0 saturated carbocycles. The van der Waals surface area contributed by atoms with Gasteiger partial charge >= 0.3 is 0 Å². The zero-order valence-corrected chi connectivity index (χ0v) is 20.1. The van der Waals surface area contributed by atoms with E-state index in [1.54, 1.807) is 0 Å². The van der Waals surface area contributed by atoms with Crippen LogP contribution in [0.5, 0.6) is 0 Å². The van der Waals surface area contributed by atoms with Crippen LogP contribution in [0.3, 0.4) is 0 Å². The number of benzene rings is 5. The minimum absolute atomic E-state index is 1.20. The second-order valence-electron chi connectivity index (χ2n) is 9.74. The smallest absolute Gasteiger partial charge is 0.00987 e. The molecule has 0 bridgehead atoms. The first-order chi connectivity index (χ1) is 16.3. The Morgan fingerprint density at radius 1 is 0.424 bits per heavy atom. The van der Waals surface area contributed by atoms with Crippen molar-refractivity contribution in [3.63, 3.8) is 0 Å². The fraction of sp³-hybridized carbons (Fsp3) is 0.333. The average Bonchev–Trinajstić information content (AvgIpc) is 2.87. The predicted octanol–water partition coefficient (Wildman–Crippen LogP) is 10.4. The molecule has 0 saturated heterocycles. The Bertz CT molecular complexity index is 1380. The van der Waals surface area contributed by atoms with Gasteiger partial charge in [-0.05, 0) is 61.5 Å². The average molecular weight is 433 g/mol. The molecule has 0 radical (unpaired) electrons. The van der Waals surface area contributed by atoms with Crippen molar-refractivity contribution in [1.29, 1.82) is 0 Å². The van der Waals surface area contributed by atoms with Crippen LogP contribution in [0.25, 0.3) is 43.1 Å². The molecule has 0 aliphatic rings. The molecule has 5 rings (SSSR count). The van der Waals surface area contributed by atoms with Gasteiger partial charge in [0.1, 0.15) is 0 Å². The Morgan fingerprint density at radius 2 is 0.939 bits per heavy atom. The maximum Gasteiger partial charge on any atom is -0.00987 e. The molecule has 168 valence electrons. The number of unbranched alkanes of at least 4 members (excludes halogenated alkanes) is 8. The summed E-state index contributed by atoms with van der Waals surface area (Å²) in [7, 11) is 0. The minimum atomic E-state index is 1.20. The molecule has 0 aliphatic heterocycles. The number of hydrogen-bond donors (Lipinski definition) is 0. The van der Waals surface area contributed by atoms with Crippen LogP contribution in [0, 0.1) is 0 Å². The highest BCUT2D eigenvalue weighted by Gasteiger charge is 2.08. The normalized spacial score (nSPS) is 11.8. The first-order valence-corrected chi connectivity index (χ1v) is 13.1. The Balaban J connectivity index is 1.30. The Hall–Kier alpha value is -2.86. The third-order valence-electron chi connectivity index (χ3n) is 7.37. The second-order valence-corrected chi connectivity index (χ2v) is 9.74. The van der Waals surface area contributed by atoms with Gasteiger partial charge in [-0.25, -0.2) is 0 Å². The van der Waals surface area contributed by atoms with E-state index in [0.29, 0.717) is 0 Å². The van der Waals surface area contributed by atoms with Crippen molar-refractivity contribution in [2.24, 2.45) is 0 Å². The standard InChI is InChI=1S/C33H36/c1-2-3-4-5-6-7-8-9-10-13-25-16-19-29-27(24-25)18-21-33-31(29)23-22-30-28-15-12-11-14-26(28)17-20-32(30)33/h11-12,14-24H,2-10,13H2,1H3. The van der Waals surface area contributed by atoms with Gasteiger partial charge < -0.3 is 0 Å². The SMILES string of the molecule is CCCCCCCCCCCc1ccc2c(ccc3c2ccc2c4ccccc4ccc23)c1. The van der Waals surface area contributed by atoms with Gasteiger partial charge in [0, 0.05) is 0 Å². The van der Waals surface area contributed by atoms with Crippen LogP contribution in [0.1, 0.15) is 70.3 Å². The Labute approximate surface area is 198 Å². The summed E-state index contributed by atoms with van der Waals surface area (Å²) in [4.78, 5) is 0. The van der Waals surface area contributed by atoms with E-state index in [1.165, 1.54) is 113 Å². The summed E-state index contributed by atoms with van der Waals surface area (Å²) in [5.74, 6) is 0. The van der Waals surface area contributed by atoms with Crippen molar-refractivity contribution in [3.8, 4) is 0 Å². The third kappa shape index (κ3) is 4.76. The fourth-order valence-corrected chi connectivity index (χ4v) is 5.49. The highest BCUT2D eigenvalue weighted by molar-refractivity contribution is 6.22. The zero-order valence-electron chi connectivity index (χ0n) is 20.1. The van der Waals surface area contributed by atoms with Crippen molar-refractivity contribution < 1.29 is 0 Å². The lowest BCUT2D eigenvalue weighted by Crippen LogP contribution is -1.88. The van der Waals surface area contributed by atoms with Gasteiger partial charge in [0.25, 0.3) is 0 Å². The summed E-state index contributed by atoms with van der Waals surface area (Å²) in [6, 6.07) is 29.7. The quantitative estimate of drug-likeness (QED) is 0.152. The maximum atomic E-state index is 2.42. The van der Waals surface area contributed by atoms with Crippen molar-refractivity contribution >= 4 is 43.1 Å². The summed E-state index contributed by atoms with van der Waals surface area (Å²) in [6.07, 6.45) is 13.7. The summed E-state index contributed by atoms with van der Waals surface area (Å²) >= 11 is 0. The van der Waals surface area contributed by atoms with E-state index in [2.05, 4.69) is 85.8 Å². The molecule has 5 aromatic carbocycles. The number of rotatable bonds is 10. The van der Waals surface area contributed by atoms with E-state index in [4.69, 9.17) is 0 Å². The molecule has 0 N–H and O–H groups in total. The minimum Gasteiger partial charge on any atom is -0.0654 e. The van der Waals surface area contributed by atoms with Crippen molar-refractivity contribution in [2.75, 3.05) is 0 Å². The van der Waals surface area contributed by atoms with Crippen LogP contribution in [-0.4, -0.2) is 0 Å². The molecular formula is C33H36. The van der Waals surface area contributed by atoms with E-state index in [-0.39, 0.29) is 0 Å². The monoisotopic (exact) mass is 432 g/mol. The van der Waals surface area contributed by atoms with Gasteiger partial charge in [0.05, 0.1) is 0 Å². The predicted molar refractivity (Wildman–Crippen MR) is 147 cm³/mol. The number of hydrogen-bond acceptors (Lipinski definition) is 0. The fourth-order valence-electron chi connectivity index (χ4n) is 5.49. The van der Waals surface area contributed by atoms with Gasteiger partial charge in [-0.1, -0.05) is 137 Å². The van der Waals surface area contributed by atoms with Crippen LogP contribution in [-0.2, 0) is 6.42 Å². The Kier molecular flexibility index (Phi) is 6.91. The topological polar surface area (TPSA) is 0 Å². The molecule has 0 nitrogen and oxygen atoms in total. The molecule has 0 atom stereocenters. The highest BCUT2D eigenvalue weighted by Crippen LogP contribution is 2.35. The molecular weight excluding hydrogens is 396 g/mol. The van der Waals surface area contributed by atoms with Crippen molar-refractivity contribution in [3.05, 3.63) is 84.4 Å². The van der Waals surface area contributed by atoms with E-state index in [9.17, 15) is 0 Å². The molecule has 0 aromatic heterocycles. The van der Waals surface area contributed by atoms with Crippen LogP contribution in [0.2, 0.25) is 0 Å². The van der Waals surface area contributed by atoms with Crippen LogP contribution in [0.4, 0.5) is 0 Å². The van der Waals surface area contributed by atoms with Crippen LogP contribution >= 0.6 is 0 Å². The summed E-state index contributed by atoms with van der Waals surface area (Å²) in [6.45, 7) is 2.29. The lowest BCUT2D eigenvalue weighted by atomic mass is 9.93. The molecule has 0 fully saturated rings. The largest absolute Gasteiger partial charge is 0.0654 e. The molecule has 0 amide bonds. The highest BCUT2D eigenvalue weighted by atomic mass is 14.1. The van der Waals surface area contributed by atoms with Crippen LogP contribution < -0.4 is 0 Å².